The molecular formula is C39H35N5O2. The van der Waals surface area contributed by atoms with Gasteiger partial charge in [0.15, 0.2) is 5.65 Å². The number of rotatable bonds is 2. The van der Waals surface area contributed by atoms with Gasteiger partial charge in [0.2, 0.25) is 0 Å². The lowest BCUT2D eigenvalue weighted by molar-refractivity contribution is 0.409. The van der Waals surface area contributed by atoms with E-state index in [1.807, 2.05) is 24.4 Å². The van der Waals surface area contributed by atoms with Crippen LogP contribution in [0.4, 0.5) is 0 Å². The highest BCUT2D eigenvalue weighted by atomic mass is 16.5. The number of fused-ring (bicyclic) bond motifs is 11. The summed E-state index contributed by atoms with van der Waals surface area (Å²) in [4.78, 5) is 25.9. The Morgan fingerprint density at radius 3 is 2.02 bits per heavy atom. The van der Waals surface area contributed by atoms with Gasteiger partial charge in [0, 0.05) is 28.1 Å². The number of ether oxygens (including phenoxy) is 2. The third-order valence-electron chi connectivity index (χ3n) is 10.4. The van der Waals surface area contributed by atoms with Gasteiger partial charge >= 0.3 is 0 Å². The maximum absolute atomic E-state index is 5.77. The highest BCUT2D eigenvalue weighted by Crippen LogP contribution is 2.49. The second-order valence-corrected chi connectivity index (χ2v) is 14.3. The molecule has 0 aliphatic heterocycles. The van der Waals surface area contributed by atoms with Crippen LogP contribution < -0.4 is 9.47 Å². The van der Waals surface area contributed by atoms with Crippen molar-refractivity contribution in [2.75, 3.05) is 14.2 Å². The monoisotopic (exact) mass is 605 g/mol. The van der Waals surface area contributed by atoms with Gasteiger partial charge < -0.3 is 9.47 Å². The molecule has 0 fully saturated rings. The quantitative estimate of drug-likeness (QED) is 0.200. The number of pyridine rings is 5. The third kappa shape index (κ3) is 3.80. The van der Waals surface area contributed by atoms with Crippen LogP contribution in [-0.4, -0.2) is 39.1 Å². The maximum Gasteiger partial charge on any atom is 0.160 e. The maximum atomic E-state index is 5.77. The van der Waals surface area contributed by atoms with Crippen LogP contribution in [0.25, 0.3) is 55.8 Å². The average molecular weight is 606 g/mol. The minimum absolute atomic E-state index is 0.130. The highest BCUT2D eigenvalue weighted by molar-refractivity contribution is 5.94. The van der Waals surface area contributed by atoms with Crippen molar-refractivity contribution >= 4 is 21.9 Å². The van der Waals surface area contributed by atoms with E-state index in [0.29, 0.717) is 0 Å². The first-order chi connectivity index (χ1) is 22.1. The lowest BCUT2D eigenvalue weighted by atomic mass is 9.70. The summed E-state index contributed by atoms with van der Waals surface area (Å²) in [6, 6.07) is 17.2. The summed E-state index contributed by atoms with van der Waals surface area (Å²) in [5.74, 6) is 1.51. The fourth-order valence-corrected chi connectivity index (χ4v) is 7.96. The Hall–Kier alpha value is -4.91. The predicted molar refractivity (Wildman–Crippen MR) is 181 cm³/mol. The van der Waals surface area contributed by atoms with Crippen LogP contribution in [0.2, 0.25) is 0 Å². The molecule has 7 heteroatoms. The molecule has 0 unspecified atom stereocenters. The molecule has 0 N–H and O–H groups in total. The average Bonchev–Trinajstić information content (AvgIpc) is 3.04. The van der Waals surface area contributed by atoms with Crippen LogP contribution in [0, 0.1) is 0 Å². The SMILES string of the molecule is COc1ccc(OC)c2nc3c(cc12)C(C)(C)Cc1nc2c(cc1-3)-c1nc3nc4c(cc3cc1C(C)(C)C2)CCc1cccnc1-4. The van der Waals surface area contributed by atoms with E-state index in [2.05, 4.69) is 58.0 Å². The van der Waals surface area contributed by atoms with Crippen molar-refractivity contribution in [1.82, 2.24) is 24.9 Å². The van der Waals surface area contributed by atoms with Gasteiger partial charge in [-0.15, -0.1) is 0 Å². The summed E-state index contributed by atoms with van der Waals surface area (Å²) < 4.78 is 11.5. The van der Waals surface area contributed by atoms with Crippen molar-refractivity contribution in [2.45, 2.75) is 64.2 Å². The van der Waals surface area contributed by atoms with E-state index >= 15 is 0 Å². The van der Waals surface area contributed by atoms with Crippen molar-refractivity contribution in [2.24, 2.45) is 0 Å². The number of hydrogen-bond donors (Lipinski definition) is 0. The van der Waals surface area contributed by atoms with Gasteiger partial charge in [0.05, 0.1) is 48.4 Å². The fraction of sp³-hybridized carbons (Fsp3) is 0.308. The first-order valence-electron chi connectivity index (χ1n) is 16.0. The molecule has 0 saturated heterocycles. The van der Waals surface area contributed by atoms with E-state index < -0.39 is 0 Å². The van der Waals surface area contributed by atoms with Gasteiger partial charge in [-0.25, -0.2) is 15.0 Å². The number of aromatic nitrogens is 5. The molecule has 0 amide bonds. The van der Waals surface area contributed by atoms with Crippen LogP contribution >= 0.6 is 0 Å². The van der Waals surface area contributed by atoms with E-state index in [-0.39, 0.29) is 10.8 Å². The molecule has 7 nitrogen and oxygen atoms in total. The lowest BCUT2D eigenvalue weighted by Crippen LogP contribution is -2.30. The van der Waals surface area contributed by atoms with E-state index in [1.54, 1.807) is 14.2 Å². The summed E-state index contributed by atoms with van der Waals surface area (Å²) >= 11 is 0. The summed E-state index contributed by atoms with van der Waals surface area (Å²) in [6.45, 7) is 9.18. The molecule has 5 heterocycles. The molecule has 1 aromatic carbocycles. The molecule has 0 spiro atoms. The van der Waals surface area contributed by atoms with Crippen molar-refractivity contribution in [3.05, 3.63) is 88.4 Å². The zero-order chi connectivity index (χ0) is 31.5. The molecular weight excluding hydrogens is 570 g/mol. The standard InChI is InChI=1S/C39H35N5O2/c1-38(2)18-29-24(35-26(38)15-22-14-21-10-9-20-8-7-13-40-32(20)33(21)43-37(22)44-35)16-23-28(41-29)19-39(3,4)27-17-25-30(45-5)11-12-31(46-6)36(25)42-34(23)27/h7-8,11-17H,9-10,18-19H2,1-6H3. The molecule has 6 aromatic rings. The molecule has 0 bridgehead atoms. The van der Waals surface area contributed by atoms with E-state index in [1.165, 1.54) is 22.3 Å². The van der Waals surface area contributed by atoms with Crippen LogP contribution in [0.15, 0.2) is 54.7 Å². The third-order valence-corrected chi connectivity index (χ3v) is 10.4. The van der Waals surface area contributed by atoms with Crippen molar-refractivity contribution in [3.63, 3.8) is 0 Å². The molecule has 3 aliphatic carbocycles. The zero-order valence-corrected chi connectivity index (χ0v) is 27.1. The van der Waals surface area contributed by atoms with Gasteiger partial charge in [-0.2, -0.15) is 0 Å². The van der Waals surface area contributed by atoms with Crippen molar-refractivity contribution in [3.8, 4) is 45.4 Å². The molecule has 5 aromatic heterocycles. The smallest absolute Gasteiger partial charge is 0.160 e. The highest BCUT2D eigenvalue weighted by Gasteiger charge is 2.39. The summed E-state index contributed by atoms with van der Waals surface area (Å²) in [7, 11) is 3.39. The Morgan fingerprint density at radius 1 is 0.630 bits per heavy atom. The van der Waals surface area contributed by atoms with Crippen LogP contribution in [0.1, 0.15) is 61.3 Å². The number of nitrogens with zero attached hydrogens (tertiary/aromatic N) is 5. The molecule has 0 saturated carbocycles. The van der Waals surface area contributed by atoms with Gasteiger partial charge in [0.1, 0.15) is 17.0 Å². The largest absolute Gasteiger partial charge is 0.496 e. The Kier molecular flexibility index (Phi) is 5.55. The molecule has 46 heavy (non-hydrogen) atoms. The van der Waals surface area contributed by atoms with Crippen molar-refractivity contribution in [1.29, 1.82) is 0 Å². The topological polar surface area (TPSA) is 82.9 Å². The Bertz CT molecular complexity index is 2310. The second kappa shape index (κ2) is 9.32. The molecule has 0 atom stereocenters. The van der Waals surface area contributed by atoms with Crippen LogP contribution in [0.5, 0.6) is 11.5 Å². The van der Waals surface area contributed by atoms with Gasteiger partial charge in [-0.3, -0.25) is 9.97 Å². The van der Waals surface area contributed by atoms with Crippen molar-refractivity contribution < 1.29 is 9.47 Å². The Balaban J connectivity index is 1.29. The molecule has 3 aliphatic rings. The zero-order valence-electron chi connectivity index (χ0n) is 27.1. The van der Waals surface area contributed by atoms with E-state index in [4.69, 9.17) is 34.4 Å². The van der Waals surface area contributed by atoms with Gasteiger partial charge in [0.25, 0.3) is 0 Å². The minimum atomic E-state index is -0.164. The normalized spacial score (nSPS) is 16.5. The predicted octanol–water partition coefficient (Wildman–Crippen LogP) is 7.75. The molecule has 228 valence electrons. The van der Waals surface area contributed by atoms with E-state index in [9.17, 15) is 0 Å². The van der Waals surface area contributed by atoms with E-state index in [0.717, 1.165) is 104 Å². The number of benzene rings is 1. The lowest BCUT2D eigenvalue weighted by Gasteiger charge is -2.37. The Morgan fingerprint density at radius 2 is 1.28 bits per heavy atom. The summed E-state index contributed by atoms with van der Waals surface area (Å²) in [5.41, 5.74) is 14.3. The van der Waals surface area contributed by atoms with Crippen LogP contribution in [0.3, 0.4) is 0 Å². The van der Waals surface area contributed by atoms with Gasteiger partial charge in [-0.1, -0.05) is 33.8 Å². The summed E-state index contributed by atoms with van der Waals surface area (Å²) in [6.07, 6.45) is 5.47. The summed E-state index contributed by atoms with van der Waals surface area (Å²) in [5, 5.41) is 2.04. The minimum Gasteiger partial charge on any atom is -0.496 e. The number of aryl methyl sites for hydroxylation is 2. The number of hydrogen-bond acceptors (Lipinski definition) is 7. The van der Waals surface area contributed by atoms with Crippen LogP contribution in [-0.2, 0) is 36.5 Å². The first kappa shape index (κ1) is 27.4. The number of methoxy groups -OCH3 is 2. The Labute approximate surface area is 268 Å². The second-order valence-electron chi connectivity index (χ2n) is 14.3. The molecule has 0 radical (unpaired) electrons. The molecule has 9 rings (SSSR count). The van der Waals surface area contributed by atoms with Gasteiger partial charge in [-0.05, 0) is 101 Å². The fourth-order valence-electron chi connectivity index (χ4n) is 7.96. The first-order valence-corrected chi connectivity index (χ1v) is 16.0.